The van der Waals surface area contributed by atoms with Crippen molar-refractivity contribution in [3.05, 3.63) is 29.0 Å². The predicted molar refractivity (Wildman–Crippen MR) is 52.7 cm³/mol. The third-order valence-electron chi connectivity index (χ3n) is 1.88. The number of ether oxygens (including phenoxy) is 1. The first kappa shape index (κ1) is 10.5. The number of rotatable bonds is 4. The summed E-state index contributed by atoms with van der Waals surface area (Å²) in [6, 6.07) is 2.03. The van der Waals surface area contributed by atoms with E-state index in [0.717, 1.165) is 18.1 Å². The molecule has 0 amide bonds. The Morgan fingerprint density at radius 3 is 2.77 bits per heavy atom. The minimum absolute atomic E-state index is 0.570. The van der Waals surface area contributed by atoms with E-state index in [1.54, 1.807) is 0 Å². The SMILES string of the molecule is CCOC[n+]1ccc(CC)c(Cl)c1. The van der Waals surface area contributed by atoms with Crippen molar-refractivity contribution in [2.75, 3.05) is 6.61 Å². The van der Waals surface area contributed by atoms with Gasteiger partial charge in [0.25, 0.3) is 6.73 Å². The highest BCUT2D eigenvalue weighted by molar-refractivity contribution is 6.31. The van der Waals surface area contributed by atoms with Crippen LogP contribution in [0.15, 0.2) is 18.5 Å². The van der Waals surface area contributed by atoms with E-state index < -0.39 is 0 Å². The molecule has 0 unspecified atom stereocenters. The van der Waals surface area contributed by atoms with Gasteiger partial charge in [0.1, 0.15) is 5.02 Å². The van der Waals surface area contributed by atoms with Crippen LogP contribution in [0, 0.1) is 0 Å². The van der Waals surface area contributed by atoms with Gasteiger partial charge in [0.2, 0.25) is 0 Å². The van der Waals surface area contributed by atoms with Gasteiger partial charge < -0.3 is 4.74 Å². The van der Waals surface area contributed by atoms with Gasteiger partial charge in [-0.2, -0.15) is 4.57 Å². The lowest BCUT2D eigenvalue weighted by Gasteiger charge is -2.00. The van der Waals surface area contributed by atoms with Crippen LogP contribution in [0.5, 0.6) is 0 Å². The number of pyridine rings is 1. The average Bonchev–Trinajstić information content (AvgIpc) is 2.15. The molecule has 0 aliphatic rings. The van der Waals surface area contributed by atoms with Crippen molar-refractivity contribution in [2.45, 2.75) is 27.0 Å². The molecule has 0 atom stereocenters. The minimum Gasteiger partial charge on any atom is -0.324 e. The van der Waals surface area contributed by atoms with E-state index in [-0.39, 0.29) is 0 Å². The Balaban J connectivity index is 2.71. The van der Waals surface area contributed by atoms with Crippen molar-refractivity contribution in [1.29, 1.82) is 0 Å². The average molecular weight is 201 g/mol. The topological polar surface area (TPSA) is 13.1 Å². The Morgan fingerprint density at radius 1 is 1.46 bits per heavy atom. The summed E-state index contributed by atoms with van der Waals surface area (Å²) in [5.74, 6) is 0. The summed E-state index contributed by atoms with van der Waals surface area (Å²) in [4.78, 5) is 0. The van der Waals surface area contributed by atoms with Gasteiger partial charge in [0.15, 0.2) is 12.4 Å². The second-order valence-electron chi connectivity index (χ2n) is 2.81. The van der Waals surface area contributed by atoms with Crippen molar-refractivity contribution in [3.8, 4) is 0 Å². The molecule has 0 spiro atoms. The van der Waals surface area contributed by atoms with E-state index in [2.05, 4.69) is 6.92 Å². The Morgan fingerprint density at radius 2 is 2.23 bits per heavy atom. The molecule has 0 aliphatic carbocycles. The molecule has 2 nitrogen and oxygen atoms in total. The number of halogens is 1. The van der Waals surface area contributed by atoms with Crippen LogP contribution in [0.2, 0.25) is 5.02 Å². The van der Waals surface area contributed by atoms with E-state index in [0.29, 0.717) is 6.73 Å². The molecular weight excluding hydrogens is 186 g/mol. The summed E-state index contributed by atoms with van der Waals surface area (Å²) >= 11 is 6.03. The molecule has 0 fully saturated rings. The maximum absolute atomic E-state index is 6.03. The molecule has 0 bridgehead atoms. The Bertz CT molecular complexity index is 276. The molecular formula is C10H15ClNO+. The molecule has 72 valence electrons. The van der Waals surface area contributed by atoms with Crippen LogP contribution >= 0.6 is 11.6 Å². The standard InChI is InChI=1S/C10H15ClNO/c1-3-9-5-6-12(7-10(9)11)8-13-4-2/h5-7H,3-4,8H2,1-2H3/q+1. The van der Waals surface area contributed by atoms with Gasteiger partial charge in [-0.05, 0) is 18.9 Å². The third-order valence-corrected chi connectivity index (χ3v) is 2.22. The summed E-state index contributed by atoms with van der Waals surface area (Å²) < 4.78 is 7.19. The van der Waals surface area contributed by atoms with Crippen molar-refractivity contribution in [3.63, 3.8) is 0 Å². The van der Waals surface area contributed by atoms with Crippen molar-refractivity contribution in [1.82, 2.24) is 0 Å². The second-order valence-corrected chi connectivity index (χ2v) is 3.21. The second kappa shape index (κ2) is 5.20. The van der Waals surface area contributed by atoms with Crippen molar-refractivity contribution in [2.24, 2.45) is 0 Å². The molecule has 0 saturated carbocycles. The fourth-order valence-electron chi connectivity index (χ4n) is 1.10. The molecule has 0 N–H and O–H groups in total. The van der Waals surface area contributed by atoms with Crippen LogP contribution in [0.1, 0.15) is 19.4 Å². The maximum Gasteiger partial charge on any atom is 0.252 e. The first-order valence-electron chi connectivity index (χ1n) is 4.53. The molecule has 0 saturated heterocycles. The molecule has 0 aromatic carbocycles. The van der Waals surface area contributed by atoms with E-state index >= 15 is 0 Å². The van der Waals surface area contributed by atoms with Gasteiger partial charge >= 0.3 is 0 Å². The van der Waals surface area contributed by atoms with Crippen LogP contribution in [-0.2, 0) is 17.9 Å². The van der Waals surface area contributed by atoms with Gasteiger partial charge in [-0.3, -0.25) is 0 Å². The highest BCUT2D eigenvalue weighted by Gasteiger charge is 2.05. The number of nitrogens with zero attached hydrogens (tertiary/aromatic N) is 1. The van der Waals surface area contributed by atoms with E-state index in [4.69, 9.17) is 16.3 Å². The summed E-state index contributed by atoms with van der Waals surface area (Å²) in [6.45, 7) is 5.36. The molecule has 13 heavy (non-hydrogen) atoms. The lowest BCUT2D eigenvalue weighted by atomic mass is 10.2. The van der Waals surface area contributed by atoms with Crippen molar-refractivity contribution >= 4 is 11.6 Å². The van der Waals surface area contributed by atoms with E-state index in [1.165, 1.54) is 5.56 Å². The fraction of sp³-hybridized carbons (Fsp3) is 0.500. The van der Waals surface area contributed by atoms with E-state index in [1.807, 2.05) is 30.0 Å². The molecule has 0 radical (unpaired) electrons. The van der Waals surface area contributed by atoms with Gasteiger partial charge in [0.05, 0.1) is 6.61 Å². The number of aryl methyl sites for hydroxylation is 1. The quantitative estimate of drug-likeness (QED) is 0.680. The summed E-state index contributed by atoms with van der Waals surface area (Å²) in [5, 5.41) is 0.810. The van der Waals surface area contributed by atoms with Crippen LogP contribution in [0.4, 0.5) is 0 Å². The summed E-state index contributed by atoms with van der Waals surface area (Å²) in [5.41, 5.74) is 1.18. The lowest BCUT2D eigenvalue weighted by Crippen LogP contribution is -2.34. The normalized spacial score (nSPS) is 10.4. The number of aromatic nitrogens is 1. The Labute approximate surface area is 84.1 Å². The van der Waals surface area contributed by atoms with Gasteiger partial charge in [-0.1, -0.05) is 18.5 Å². The van der Waals surface area contributed by atoms with Gasteiger partial charge in [0, 0.05) is 6.07 Å². The molecule has 1 aromatic heterocycles. The third kappa shape index (κ3) is 2.98. The Kier molecular flexibility index (Phi) is 4.19. The van der Waals surface area contributed by atoms with E-state index in [9.17, 15) is 0 Å². The van der Waals surface area contributed by atoms with Gasteiger partial charge in [-0.25, -0.2) is 0 Å². The smallest absolute Gasteiger partial charge is 0.252 e. The summed E-state index contributed by atoms with van der Waals surface area (Å²) in [6.07, 6.45) is 4.85. The zero-order valence-corrected chi connectivity index (χ0v) is 8.84. The molecule has 1 aromatic rings. The monoisotopic (exact) mass is 200 g/mol. The van der Waals surface area contributed by atoms with Gasteiger partial charge in [-0.15, -0.1) is 0 Å². The maximum atomic E-state index is 6.03. The van der Waals surface area contributed by atoms with Crippen LogP contribution in [0.25, 0.3) is 0 Å². The zero-order chi connectivity index (χ0) is 9.68. The van der Waals surface area contributed by atoms with Crippen molar-refractivity contribution < 1.29 is 9.30 Å². The molecule has 0 aliphatic heterocycles. The largest absolute Gasteiger partial charge is 0.324 e. The van der Waals surface area contributed by atoms with Crippen LogP contribution < -0.4 is 4.57 Å². The molecule has 1 rings (SSSR count). The zero-order valence-electron chi connectivity index (χ0n) is 8.09. The lowest BCUT2D eigenvalue weighted by molar-refractivity contribution is -0.732. The highest BCUT2D eigenvalue weighted by atomic mass is 35.5. The number of hydrogen-bond donors (Lipinski definition) is 0. The number of hydrogen-bond acceptors (Lipinski definition) is 1. The summed E-state index contributed by atoms with van der Waals surface area (Å²) in [7, 11) is 0. The Hall–Kier alpha value is -0.600. The first-order chi connectivity index (χ1) is 6.27. The van der Waals surface area contributed by atoms with Crippen LogP contribution in [0.3, 0.4) is 0 Å². The fourth-order valence-corrected chi connectivity index (χ4v) is 1.42. The highest BCUT2D eigenvalue weighted by Crippen LogP contribution is 2.12. The van der Waals surface area contributed by atoms with Crippen LogP contribution in [-0.4, -0.2) is 6.61 Å². The molecule has 1 heterocycles. The predicted octanol–water partition coefficient (Wildman–Crippen LogP) is 2.18. The first-order valence-corrected chi connectivity index (χ1v) is 4.91. The molecule has 3 heteroatoms. The minimum atomic E-state index is 0.570.